The molecule has 39 heavy (non-hydrogen) atoms. The highest BCUT2D eigenvalue weighted by atomic mass is 32.2. The third kappa shape index (κ3) is 6.74. The number of halogens is 4. The minimum Gasteiger partial charge on any atom is -0.390 e. The summed E-state index contributed by atoms with van der Waals surface area (Å²) in [7, 11) is -4.27. The largest absolute Gasteiger partial charge is 0.416 e. The van der Waals surface area contributed by atoms with Gasteiger partial charge >= 0.3 is 16.5 Å². The lowest BCUT2D eigenvalue weighted by Gasteiger charge is -2.19. The van der Waals surface area contributed by atoms with Crippen molar-refractivity contribution in [3.8, 4) is 0 Å². The maximum absolute atomic E-state index is 13.4. The molecule has 1 fully saturated rings. The number of aromatic nitrogens is 4. The van der Waals surface area contributed by atoms with Crippen molar-refractivity contribution in [1.82, 2.24) is 19.7 Å². The molecule has 3 aromatic rings. The Bertz CT molecular complexity index is 1470. The zero-order valence-electron chi connectivity index (χ0n) is 19.8. The van der Waals surface area contributed by atoms with E-state index < -0.39 is 71.0 Å². The number of aliphatic hydroxyl groups excluding tert-OH is 2. The summed E-state index contributed by atoms with van der Waals surface area (Å²) in [6, 6.07) is 2.65. The summed E-state index contributed by atoms with van der Waals surface area (Å²) in [5, 5.41) is 32.3. The van der Waals surface area contributed by atoms with Gasteiger partial charge in [0.2, 0.25) is 5.78 Å². The highest BCUT2D eigenvalue weighted by Gasteiger charge is 2.42. The van der Waals surface area contributed by atoms with E-state index >= 15 is 0 Å². The summed E-state index contributed by atoms with van der Waals surface area (Å²) in [6.07, 6.45) is -3.96. The van der Waals surface area contributed by atoms with Crippen LogP contribution < -0.4 is 10.5 Å². The molecular formula is C22H22F4N6O6S. The molecule has 0 amide bonds. The highest BCUT2D eigenvalue weighted by Crippen LogP contribution is 2.33. The number of hydrogen-bond donors (Lipinski definition) is 4. The first-order valence-electron chi connectivity index (χ1n) is 11.3. The summed E-state index contributed by atoms with van der Waals surface area (Å²) in [4.78, 5) is 21.0. The van der Waals surface area contributed by atoms with Gasteiger partial charge in [0.25, 0.3) is 0 Å². The second-order valence-electron chi connectivity index (χ2n) is 8.82. The van der Waals surface area contributed by atoms with Crippen LogP contribution in [0.15, 0.2) is 43.0 Å². The number of aliphatic hydroxyl groups is 2. The topological polar surface area (TPSA) is 183 Å². The standard InChI is InChI=1S/C22H22F4N6O6S/c23-13-2-1-11(15(6-13)22(24,25)26)8-32-4-3-16(31-32)19(34)14-7-28-10-29-21(14)30-17-5-12(18(33)20(17)35)9-38-39(27,36)37/h1-4,6-7,10,12,17-18,20,33,35H,5,8-9H2,(H2,27,36,37)(H,28,29,30)/t12-,17-,18-,20+/m1/s1. The summed E-state index contributed by atoms with van der Waals surface area (Å²) in [5.74, 6) is -2.59. The molecular weight excluding hydrogens is 552 g/mol. The first kappa shape index (κ1) is 28.5. The van der Waals surface area contributed by atoms with E-state index in [1.165, 1.54) is 12.3 Å². The zero-order chi connectivity index (χ0) is 28.5. The third-order valence-electron chi connectivity index (χ3n) is 6.11. The van der Waals surface area contributed by atoms with E-state index in [1.807, 2.05) is 0 Å². The lowest BCUT2D eigenvalue weighted by molar-refractivity contribution is -0.138. The van der Waals surface area contributed by atoms with Gasteiger partial charge in [0.15, 0.2) is 0 Å². The maximum atomic E-state index is 13.4. The van der Waals surface area contributed by atoms with Crippen LogP contribution in [0.3, 0.4) is 0 Å². The molecule has 12 nitrogen and oxygen atoms in total. The number of nitrogens with one attached hydrogen (secondary N) is 1. The van der Waals surface area contributed by atoms with Crippen molar-refractivity contribution in [2.24, 2.45) is 11.1 Å². The number of carbonyl (C=O) groups is 1. The lowest BCUT2D eigenvalue weighted by Crippen LogP contribution is -2.36. The average Bonchev–Trinajstić information content (AvgIpc) is 3.43. The van der Waals surface area contributed by atoms with Gasteiger partial charge in [0.05, 0.1) is 36.4 Å². The van der Waals surface area contributed by atoms with Crippen molar-refractivity contribution in [2.75, 3.05) is 11.9 Å². The number of rotatable bonds is 9. The number of benzene rings is 1. The molecule has 4 atom stereocenters. The number of carbonyl (C=O) groups excluding carboxylic acids is 1. The van der Waals surface area contributed by atoms with E-state index in [9.17, 15) is 41.0 Å². The predicted octanol–water partition coefficient (Wildman–Crippen LogP) is 0.853. The number of nitrogens with two attached hydrogens (primary N) is 1. The van der Waals surface area contributed by atoms with Gasteiger partial charge in [-0.1, -0.05) is 6.07 Å². The van der Waals surface area contributed by atoms with Gasteiger partial charge in [-0.15, -0.1) is 0 Å². The maximum Gasteiger partial charge on any atom is 0.416 e. The fraction of sp³-hybridized carbons (Fsp3) is 0.364. The number of ketones is 1. The van der Waals surface area contributed by atoms with Crippen LogP contribution in [0, 0.1) is 11.7 Å². The Morgan fingerprint density at radius 1 is 1.23 bits per heavy atom. The second kappa shape index (κ2) is 10.9. The normalized spacial score (nSPS) is 21.7. The van der Waals surface area contributed by atoms with Gasteiger partial charge in [-0.3, -0.25) is 13.7 Å². The molecule has 0 spiro atoms. The summed E-state index contributed by atoms with van der Waals surface area (Å²) in [6.45, 7) is -0.876. The molecule has 0 radical (unpaired) electrons. The van der Waals surface area contributed by atoms with E-state index in [2.05, 4.69) is 24.6 Å². The van der Waals surface area contributed by atoms with Gasteiger partial charge in [0, 0.05) is 18.3 Å². The number of alkyl halides is 3. The zero-order valence-corrected chi connectivity index (χ0v) is 20.6. The van der Waals surface area contributed by atoms with Gasteiger partial charge in [-0.2, -0.15) is 26.7 Å². The van der Waals surface area contributed by atoms with Crippen LogP contribution >= 0.6 is 0 Å². The molecule has 1 aliphatic rings. The van der Waals surface area contributed by atoms with Crippen LogP contribution in [-0.4, -0.2) is 69.0 Å². The predicted molar refractivity (Wildman–Crippen MR) is 125 cm³/mol. The number of anilines is 1. The lowest BCUT2D eigenvalue weighted by atomic mass is 10.1. The van der Waals surface area contributed by atoms with E-state index in [4.69, 9.17) is 5.14 Å². The molecule has 2 aromatic heterocycles. The van der Waals surface area contributed by atoms with Crippen molar-refractivity contribution in [3.63, 3.8) is 0 Å². The van der Waals surface area contributed by atoms with Crippen molar-refractivity contribution in [2.45, 2.75) is 37.4 Å². The minimum absolute atomic E-state index is 0.0311. The second-order valence-corrected chi connectivity index (χ2v) is 10.0. The summed E-state index contributed by atoms with van der Waals surface area (Å²) < 4.78 is 81.1. The van der Waals surface area contributed by atoms with Crippen LogP contribution in [0.5, 0.6) is 0 Å². The number of nitrogens with zero attached hydrogens (tertiary/aromatic N) is 4. The molecule has 1 saturated carbocycles. The Labute approximate surface area is 218 Å². The molecule has 0 bridgehead atoms. The van der Waals surface area contributed by atoms with Crippen LogP contribution in [-0.2, 0) is 27.2 Å². The Balaban J connectivity index is 1.51. The summed E-state index contributed by atoms with van der Waals surface area (Å²) >= 11 is 0. The van der Waals surface area contributed by atoms with Crippen molar-refractivity contribution >= 4 is 21.9 Å². The molecule has 0 saturated heterocycles. The monoisotopic (exact) mass is 574 g/mol. The molecule has 210 valence electrons. The number of hydrogen-bond acceptors (Lipinski definition) is 10. The Morgan fingerprint density at radius 3 is 2.67 bits per heavy atom. The molecule has 17 heteroatoms. The van der Waals surface area contributed by atoms with Gasteiger partial charge < -0.3 is 15.5 Å². The molecule has 1 aromatic carbocycles. The van der Waals surface area contributed by atoms with Gasteiger partial charge in [-0.25, -0.2) is 19.5 Å². The van der Waals surface area contributed by atoms with Gasteiger partial charge in [-0.05, 0) is 30.2 Å². The van der Waals surface area contributed by atoms with Crippen molar-refractivity contribution in [3.05, 3.63) is 71.2 Å². The minimum atomic E-state index is -4.80. The van der Waals surface area contributed by atoms with E-state index in [-0.39, 0.29) is 29.1 Å². The first-order valence-corrected chi connectivity index (χ1v) is 12.7. The molecule has 5 N–H and O–H groups in total. The smallest absolute Gasteiger partial charge is 0.390 e. The quantitative estimate of drug-likeness (QED) is 0.211. The molecule has 0 aliphatic heterocycles. The third-order valence-corrected chi connectivity index (χ3v) is 6.57. The van der Waals surface area contributed by atoms with Crippen LogP contribution in [0.2, 0.25) is 0 Å². The van der Waals surface area contributed by atoms with E-state index in [1.54, 1.807) is 0 Å². The Kier molecular flexibility index (Phi) is 7.99. The molecule has 2 heterocycles. The fourth-order valence-electron chi connectivity index (χ4n) is 4.24. The first-order chi connectivity index (χ1) is 18.2. The van der Waals surface area contributed by atoms with E-state index in [0.29, 0.717) is 6.07 Å². The average molecular weight is 575 g/mol. The van der Waals surface area contributed by atoms with Gasteiger partial charge in [0.1, 0.15) is 29.8 Å². The molecule has 0 unspecified atom stereocenters. The Hall–Kier alpha value is -3.51. The van der Waals surface area contributed by atoms with Crippen LogP contribution in [0.1, 0.15) is 33.6 Å². The van der Waals surface area contributed by atoms with Crippen molar-refractivity contribution < 1.29 is 45.2 Å². The SMILES string of the molecule is NS(=O)(=O)OC[C@H]1C[C@@H](Nc2ncncc2C(=O)c2ccn(Cc3ccc(F)cc3C(F)(F)F)n2)[C@H](O)[C@@H]1O. The highest BCUT2D eigenvalue weighted by molar-refractivity contribution is 7.84. The fourth-order valence-corrected chi connectivity index (χ4v) is 4.60. The van der Waals surface area contributed by atoms with E-state index in [0.717, 1.165) is 29.3 Å². The Morgan fingerprint density at radius 2 is 1.97 bits per heavy atom. The summed E-state index contributed by atoms with van der Waals surface area (Å²) in [5.41, 5.74) is -1.67. The molecule has 4 rings (SSSR count). The van der Waals surface area contributed by atoms with Crippen LogP contribution in [0.25, 0.3) is 0 Å². The van der Waals surface area contributed by atoms with Crippen LogP contribution in [0.4, 0.5) is 23.4 Å². The van der Waals surface area contributed by atoms with Crippen molar-refractivity contribution in [1.29, 1.82) is 0 Å². The molecule has 1 aliphatic carbocycles.